The fourth-order valence-electron chi connectivity index (χ4n) is 1.27. The molecule has 2 N–H and O–H groups in total. The third kappa shape index (κ3) is 3.44. The van der Waals surface area contributed by atoms with E-state index >= 15 is 0 Å². The fraction of sp³-hybridized carbons (Fsp3) is 1.00. The second-order valence-corrected chi connectivity index (χ2v) is 4.01. The average molecular weight is 230 g/mol. The Hall–Kier alpha value is 0.260. The van der Waals surface area contributed by atoms with Crippen molar-refractivity contribution in [3.63, 3.8) is 0 Å². The van der Waals surface area contributed by atoms with Crippen LogP contribution in [-0.4, -0.2) is 22.7 Å². The molecule has 0 aliphatic carbocycles. The summed E-state index contributed by atoms with van der Waals surface area (Å²) in [4.78, 5) is -2.79. The minimum Gasteiger partial charge on any atom is -0.379 e. The normalized spacial score (nSPS) is 32.7. The SMILES string of the molecule is OC1CC(CC(F)(F)Br)CN1. The lowest BCUT2D eigenvalue weighted by Gasteiger charge is -2.12. The van der Waals surface area contributed by atoms with Crippen molar-refractivity contribution in [2.75, 3.05) is 6.54 Å². The number of aliphatic hydroxyl groups excluding tert-OH is 1. The van der Waals surface area contributed by atoms with Crippen molar-refractivity contribution < 1.29 is 13.9 Å². The highest BCUT2D eigenvalue weighted by atomic mass is 79.9. The maximum Gasteiger partial charge on any atom is 0.301 e. The van der Waals surface area contributed by atoms with Gasteiger partial charge in [0.15, 0.2) is 0 Å². The molecule has 1 rings (SSSR count). The highest BCUT2D eigenvalue weighted by Gasteiger charge is 2.32. The Morgan fingerprint density at radius 2 is 2.27 bits per heavy atom. The highest BCUT2D eigenvalue weighted by Crippen LogP contribution is 2.32. The van der Waals surface area contributed by atoms with Crippen LogP contribution in [0.25, 0.3) is 0 Å². The molecule has 2 unspecified atom stereocenters. The Morgan fingerprint density at radius 1 is 1.64 bits per heavy atom. The molecule has 0 aromatic carbocycles. The van der Waals surface area contributed by atoms with Gasteiger partial charge in [0.2, 0.25) is 0 Å². The smallest absolute Gasteiger partial charge is 0.301 e. The Kier molecular flexibility index (Phi) is 2.83. The van der Waals surface area contributed by atoms with Crippen molar-refractivity contribution in [2.24, 2.45) is 5.92 Å². The summed E-state index contributed by atoms with van der Waals surface area (Å²) in [6.45, 7) is 0.475. The summed E-state index contributed by atoms with van der Waals surface area (Å²) < 4.78 is 24.6. The van der Waals surface area contributed by atoms with Crippen LogP contribution in [0, 0.1) is 5.92 Å². The number of nitrogens with one attached hydrogen (secondary N) is 1. The Bertz CT molecular complexity index is 139. The van der Waals surface area contributed by atoms with E-state index in [0.717, 1.165) is 0 Å². The molecule has 11 heavy (non-hydrogen) atoms. The number of aliphatic hydroxyl groups is 1. The first-order chi connectivity index (χ1) is 4.97. The lowest BCUT2D eigenvalue weighted by molar-refractivity contribution is 0.0817. The van der Waals surface area contributed by atoms with Gasteiger partial charge in [0, 0.05) is 13.0 Å². The zero-order valence-electron chi connectivity index (χ0n) is 5.86. The van der Waals surface area contributed by atoms with Crippen LogP contribution < -0.4 is 5.32 Å². The van der Waals surface area contributed by atoms with Gasteiger partial charge in [0.25, 0.3) is 0 Å². The quantitative estimate of drug-likeness (QED) is 0.700. The van der Waals surface area contributed by atoms with Crippen molar-refractivity contribution in [1.82, 2.24) is 5.32 Å². The van der Waals surface area contributed by atoms with Gasteiger partial charge in [0.05, 0.1) is 0 Å². The predicted molar refractivity (Wildman–Crippen MR) is 40.6 cm³/mol. The van der Waals surface area contributed by atoms with E-state index in [-0.39, 0.29) is 12.3 Å². The first-order valence-electron chi connectivity index (χ1n) is 3.45. The van der Waals surface area contributed by atoms with Crippen LogP contribution in [0.15, 0.2) is 0 Å². The predicted octanol–water partition coefficient (Wildman–Crippen LogP) is 1.29. The molecule has 2 nitrogen and oxygen atoms in total. The van der Waals surface area contributed by atoms with E-state index in [1.165, 1.54) is 0 Å². The molecule has 0 radical (unpaired) electrons. The van der Waals surface area contributed by atoms with Crippen LogP contribution in [-0.2, 0) is 0 Å². The molecule has 0 amide bonds. The van der Waals surface area contributed by atoms with Crippen LogP contribution in [0.5, 0.6) is 0 Å². The van der Waals surface area contributed by atoms with Gasteiger partial charge in [-0.05, 0) is 28.3 Å². The van der Waals surface area contributed by atoms with Crippen LogP contribution in [0.3, 0.4) is 0 Å². The zero-order chi connectivity index (χ0) is 8.48. The Morgan fingerprint density at radius 3 is 2.64 bits per heavy atom. The summed E-state index contributed by atoms with van der Waals surface area (Å²) in [6, 6.07) is 0. The van der Waals surface area contributed by atoms with Gasteiger partial charge in [0.1, 0.15) is 6.23 Å². The van der Waals surface area contributed by atoms with Gasteiger partial charge in [-0.25, -0.2) is 0 Å². The molecular formula is C6H10BrF2NO. The summed E-state index contributed by atoms with van der Waals surface area (Å²) in [6.07, 6.45) is -0.395. The first-order valence-corrected chi connectivity index (χ1v) is 4.25. The molecule has 0 aromatic rings. The molecule has 0 aromatic heterocycles. The van der Waals surface area contributed by atoms with E-state index in [2.05, 4.69) is 21.2 Å². The second kappa shape index (κ2) is 3.33. The van der Waals surface area contributed by atoms with E-state index in [9.17, 15) is 8.78 Å². The summed E-state index contributed by atoms with van der Waals surface area (Å²) >= 11 is 2.27. The third-order valence-corrected chi connectivity index (χ3v) is 2.04. The van der Waals surface area contributed by atoms with Crippen LogP contribution in [0.4, 0.5) is 8.78 Å². The molecule has 1 fully saturated rings. The number of halogens is 3. The monoisotopic (exact) mass is 229 g/mol. The molecule has 66 valence electrons. The molecular weight excluding hydrogens is 220 g/mol. The Labute approximate surface area is 72.1 Å². The largest absolute Gasteiger partial charge is 0.379 e. The standard InChI is InChI=1S/C6H10BrF2NO/c7-6(8,9)2-4-1-5(11)10-3-4/h4-5,10-11H,1-3H2. The van der Waals surface area contributed by atoms with Crippen LogP contribution >= 0.6 is 15.9 Å². The highest BCUT2D eigenvalue weighted by molar-refractivity contribution is 9.09. The summed E-state index contributed by atoms with van der Waals surface area (Å²) in [5.41, 5.74) is 0. The summed E-state index contributed by atoms with van der Waals surface area (Å²) in [5.74, 6) is -0.126. The molecule has 0 spiro atoms. The number of hydrogen-bond acceptors (Lipinski definition) is 2. The lowest BCUT2D eigenvalue weighted by Crippen LogP contribution is -2.20. The number of rotatable bonds is 2. The first kappa shape index (κ1) is 9.35. The van der Waals surface area contributed by atoms with Gasteiger partial charge in [-0.15, -0.1) is 0 Å². The van der Waals surface area contributed by atoms with Crippen molar-refractivity contribution in [3.8, 4) is 0 Å². The van der Waals surface area contributed by atoms with E-state index in [1.807, 2.05) is 0 Å². The summed E-state index contributed by atoms with van der Waals surface area (Å²) in [7, 11) is 0. The van der Waals surface area contributed by atoms with Gasteiger partial charge in [-0.3, -0.25) is 5.32 Å². The van der Waals surface area contributed by atoms with E-state index in [4.69, 9.17) is 5.11 Å². The van der Waals surface area contributed by atoms with Crippen LogP contribution in [0.2, 0.25) is 0 Å². The van der Waals surface area contributed by atoms with Crippen molar-refractivity contribution >= 4 is 15.9 Å². The number of hydrogen-bond donors (Lipinski definition) is 2. The molecule has 5 heteroatoms. The van der Waals surface area contributed by atoms with Gasteiger partial charge >= 0.3 is 4.83 Å². The molecule has 1 aliphatic heterocycles. The zero-order valence-corrected chi connectivity index (χ0v) is 7.44. The summed E-state index contributed by atoms with van der Waals surface area (Å²) in [5, 5.41) is 11.6. The van der Waals surface area contributed by atoms with Gasteiger partial charge < -0.3 is 5.11 Å². The maximum atomic E-state index is 12.3. The van der Waals surface area contributed by atoms with Gasteiger partial charge in [-0.1, -0.05) is 0 Å². The van der Waals surface area contributed by atoms with Crippen molar-refractivity contribution in [1.29, 1.82) is 0 Å². The van der Waals surface area contributed by atoms with Crippen molar-refractivity contribution in [2.45, 2.75) is 23.9 Å². The van der Waals surface area contributed by atoms with E-state index in [1.54, 1.807) is 0 Å². The van der Waals surface area contributed by atoms with E-state index < -0.39 is 11.1 Å². The Balaban J connectivity index is 2.29. The molecule has 0 bridgehead atoms. The molecule has 0 saturated carbocycles. The van der Waals surface area contributed by atoms with E-state index in [0.29, 0.717) is 13.0 Å². The number of alkyl halides is 3. The average Bonchev–Trinajstić information content (AvgIpc) is 2.10. The van der Waals surface area contributed by atoms with Gasteiger partial charge in [-0.2, -0.15) is 8.78 Å². The molecule has 1 aliphatic rings. The third-order valence-electron chi connectivity index (χ3n) is 1.72. The molecule has 1 heterocycles. The van der Waals surface area contributed by atoms with Crippen molar-refractivity contribution in [3.05, 3.63) is 0 Å². The minimum atomic E-state index is -2.79. The molecule has 2 atom stereocenters. The molecule has 1 saturated heterocycles. The maximum absolute atomic E-state index is 12.3. The lowest BCUT2D eigenvalue weighted by atomic mass is 10.1. The second-order valence-electron chi connectivity index (χ2n) is 2.85. The minimum absolute atomic E-state index is 0.126. The van der Waals surface area contributed by atoms with Crippen LogP contribution in [0.1, 0.15) is 12.8 Å². The topological polar surface area (TPSA) is 32.3 Å². The fourth-order valence-corrected chi connectivity index (χ4v) is 1.73.